The number of nitrogens with zero attached hydrogens (tertiary/aromatic N) is 1. The smallest absolute Gasteiger partial charge is 0.0763 e. The molecular formula is C45H31NS2. The second kappa shape index (κ2) is 9.29. The van der Waals surface area contributed by atoms with Crippen LogP contribution in [0.15, 0.2) is 161 Å². The predicted octanol–water partition coefficient (Wildman–Crippen LogP) is 12.3. The molecule has 0 radical (unpaired) electrons. The Morgan fingerprint density at radius 2 is 1.12 bits per heavy atom. The fourth-order valence-electron chi connectivity index (χ4n) is 9.31. The Kier molecular flexibility index (Phi) is 5.21. The molecule has 0 bridgehead atoms. The van der Waals surface area contributed by atoms with Gasteiger partial charge in [-0.05, 0) is 69.5 Å². The molecule has 3 heteroatoms. The lowest BCUT2D eigenvalue weighted by Crippen LogP contribution is -2.39. The van der Waals surface area contributed by atoms with Crippen LogP contribution >= 0.6 is 21.4 Å². The van der Waals surface area contributed by atoms with Gasteiger partial charge in [0.2, 0.25) is 0 Å². The summed E-state index contributed by atoms with van der Waals surface area (Å²) in [6.07, 6.45) is 5.05. The van der Waals surface area contributed by atoms with Crippen LogP contribution in [0.1, 0.15) is 22.3 Å². The van der Waals surface area contributed by atoms with Crippen LogP contribution in [0.4, 0.5) is 0 Å². The summed E-state index contributed by atoms with van der Waals surface area (Å²) in [4.78, 5) is 2.98. The maximum Gasteiger partial charge on any atom is 0.0763 e. The number of hydrogen-bond acceptors (Lipinski definition) is 1. The first-order chi connectivity index (χ1) is 23.6. The minimum absolute atomic E-state index is 0.473. The van der Waals surface area contributed by atoms with Crippen molar-refractivity contribution in [3.05, 3.63) is 174 Å². The number of benzene rings is 7. The van der Waals surface area contributed by atoms with Crippen LogP contribution in [0.25, 0.3) is 58.8 Å². The van der Waals surface area contributed by atoms with Crippen LogP contribution in [0.2, 0.25) is 0 Å². The average Bonchev–Trinajstić information content (AvgIpc) is 3.69. The molecule has 1 nitrogen and oxygen atoms in total. The third-order valence-electron chi connectivity index (χ3n) is 11.1. The van der Waals surface area contributed by atoms with E-state index in [0.29, 0.717) is 0 Å². The molecule has 2 aliphatic heterocycles. The van der Waals surface area contributed by atoms with Crippen molar-refractivity contribution in [1.82, 2.24) is 4.57 Å². The van der Waals surface area contributed by atoms with E-state index in [0.717, 1.165) is 0 Å². The highest BCUT2D eigenvalue weighted by molar-refractivity contribution is 8.33. The molecule has 48 heavy (non-hydrogen) atoms. The third-order valence-corrected chi connectivity index (χ3v) is 15.2. The van der Waals surface area contributed by atoms with Crippen molar-refractivity contribution in [3.63, 3.8) is 0 Å². The molecule has 1 unspecified atom stereocenters. The van der Waals surface area contributed by atoms with Crippen molar-refractivity contribution in [1.29, 1.82) is 0 Å². The largest absolute Gasteiger partial charge is 0.309 e. The van der Waals surface area contributed by atoms with Gasteiger partial charge >= 0.3 is 0 Å². The summed E-state index contributed by atoms with van der Waals surface area (Å²) < 4.78 is 5.26. The molecule has 0 aliphatic carbocycles. The Balaban J connectivity index is 1.35. The Labute approximate surface area is 285 Å². The van der Waals surface area contributed by atoms with Crippen molar-refractivity contribution >= 4 is 63.3 Å². The number of para-hydroxylation sites is 3. The van der Waals surface area contributed by atoms with E-state index in [4.69, 9.17) is 0 Å². The molecular weight excluding hydrogens is 619 g/mol. The third kappa shape index (κ3) is 3.10. The highest BCUT2D eigenvalue weighted by atomic mass is 32.3. The van der Waals surface area contributed by atoms with Gasteiger partial charge in [-0.15, -0.1) is 11.3 Å². The Morgan fingerprint density at radius 1 is 0.500 bits per heavy atom. The van der Waals surface area contributed by atoms with Crippen molar-refractivity contribution in [2.75, 3.05) is 12.5 Å². The zero-order valence-corrected chi connectivity index (χ0v) is 28.3. The number of hydrogen-bond donors (Lipinski definition) is 0. The topological polar surface area (TPSA) is 4.93 Å². The van der Waals surface area contributed by atoms with Gasteiger partial charge in [-0.1, -0.05) is 127 Å². The molecule has 1 atom stereocenters. The number of aromatic nitrogens is 1. The molecule has 228 valence electrons. The van der Waals surface area contributed by atoms with Gasteiger partial charge in [0.1, 0.15) is 0 Å². The first kappa shape index (κ1) is 26.9. The Bertz CT molecular complexity index is 2830. The summed E-state index contributed by atoms with van der Waals surface area (Å²) in [6.45, 7) is 0. The quantitative estimate of drug-likeness (QED) is 0.167. The summed E-state index contributed by atoms with van der Waals surface area (Å²) in [5, 5.41) is 5.32. The van der Waals surface area contributed by atoms with Crippen LogP contribution in [0.3, 0.4) is 0 Å². The molecule has 0 N–H and O–H groups in total. The second-order valence-corrected chi connectivity index (χ2v) is 18.2. The molecule has 11 rings (SSSR count). The normalized spacial score (nSPS) is 17.9. The van der Waals surface area contributed by atoms with E-state index < -0.39 is 15.4 Å². The highest BCUT2D eigenvalue weighted by Crippen LogP contribution is 2.71. The minimum atomic E-state index is -1.43. The van der Waals surface area contributed by atoms with E-state index in [1.54, 1.807) is 0 Å². The SMILES string of the molecule is CS1(C)c2ccccc2C2(c3ccccc3-n3c4ccccc4c4cccc2c43)c2cccc(-c3cccc4c3sc3ccccc34)c21. The van der Waals surface area contributed by atoms with Gasteiger partial charge in [0.25, 0.3) is 0 Å². The monoisotopic (exact) mass is 649 g/mol. The van der Waals surface area contributed by atoms with Gasteiger partial charge in [0, 0.05) is 41.4 Å². The molecule has 7 aromatic carbocycles. The van der Waals surface area contributed by atoms with Crippen LogP contribution in [-0.2, 0) is 5.41 Å². The molecule has 0 saturated heterocycles. The van der Waals surface area contributed by atoms with E-state index in [2.05, 4.69) is 169 Å². The maximum absolute atomic E-state index is 2.54. The molecule has 0 amide bonds. The van der Waals surface area contributed by atoms with Gasteiger partial charge in [-0.3, -0.25) is 0 Å². The zero-order valence-electron chi connectivity index (χ0n) is 26.7. The minimum Gasteiger partial charge on any atom is -0.309 e. The molecule has 2 aromatic heterocycles. The van der Waals surface area contributed by atoms with Crippen LogP contribution < -0.4 is 0 Å². The van der Waals surface area contributed by atoms with Gasteiger partial charge < -0.3 is 4.57 Å². The molecule has 4 heterocycles. The van der Waals surface area contributed by atoms with E-state index in [1.165, 1.54) is 90.8 Å². The molecule has 2 aliphatic rings. The van der Waals surface area contributed by atoms with Crippen molar-refractivity contribution < 1.29 is 0 Å². The lowest BCUT2D eigenvalue weighted by molar-refractivity contribution is 0.687. The summed E-state index contributed by atoms with van der Waals surface area (Å²) in [5.74, 6) is 0. The van der Waals surface area contributed by atoms with Crippen LogP contribution in [0.5, 0.6) is 0 Å². The standard InChI is InChI=1S/C45H31NS2/c1-48(2)41-27-10-6-21-35(41)45(34-20-5-8-25-39(34)46-38-24-7-3-14-28(38)30-16-12-22-36(45)42(30)46)37-23-13-19-33(44(37)48)32-18-11-17-31-29-15-4-9-26-40(29)47-43(31)32/h3-27H,1-2H3. The molecule has 0 fully saturated rings. The number of rotatable bonds is 1. The van der Waals surface area contributed by atoms with Gasteiger partial charge in [0.15, 0.2) is 0 Å². The van der Waals surface area contributed by atoms with Crippen molar-refractivity contribution in [2.24, 2.45) is 0 Å². The lowest BCUT2D eigenvalue weighted by atomic mass is 9.62. The second-order valence-electron chi connectivity index (χ2n) is 13.6. The molecule has 1 spiro atoms. The average molecular weight is 650 g/mol. The number of thiophene rings is 1. The first-order valence-electron chi connectivity index (χ1n) is 16.6. The maximum atomic E-state index is 2.54. The van der Waals surface area contributed by atoms with Crippen molar-refractivity contribution in [2.45, 2.75) is 15.2 Å². The zero-order chi connectivity index (χ0) is 31.8. The van der Waals surface area contributed by atoms with E-state index >= 15 is 0 Å². The van der Waals surface area contributed by atoms with E-state index in [9.17, 15) is 0 Å². The number of fused-ring (bicyclic) bond motifs is 14. The lowest BCUT2D eigenvalue weighted by Gasteiger charge is -2.52. The summed E-state index contributed by atoms with van der Waals surface area (Å²) in [5.41, 5.74) is 11.7. The Morgan fingerprint density at radius 3 is 2.04 bits per heavy atom. The van der Waals surface area contributed by atoms with E-state index in [-0.39, 0.29) is 0 Å². The van der Waals surface area contributed by atoms with Crippen LogP contribution in [0, 0.1) is 0 Å². The predicted molar refractivity (Wildman–Crippen MR) is 207 cm³/mol. The van der Waals surface area contributed by atoms with Crippen molar-refractivity contribution in [3.8, 4) is 16.8 Å². The Hall–Kier alpha value is -5.09. The van der Waals surface area contributed by atoms with E-state index in [1.807, 2.05) is 11.3 Å². The summed E-state index contributed by atoms with van der Waals surface area (Å²) in [6, 6.07) is 57.5. The van der Waals surface area contributed by atoms with Gasteiger partial charge in [-0.25, -0.2) is 0 Å². The fraction of sp³-hybridized carbons (Fsp3) is 0.0667. The van der Waals surface area contributed by atoms with Gasteiger partial charge in [0.05, 0.1) is 22.1 Å². The fourth-order valence-corrected chi connectivity index (χ4v) is 13.5. The summed E-state index contributed by atoms with van der Waals surface area (Å²) >= 11 is 1.93. The molecule has 9 aromatic rings. The summed E-state index contributed by atoms with van der Waals surface area (Å²) in [7, 11) is -1.43. The first-order valence-corrected chi connectivity index (χ1v) is 19.9. The molecule has 0 saturated carbocycles. The highest BCUT2D eigenvalue weighted by Gasteiger charge is 2.52. The van der Waals surface area contributed by atoms with Gasteiger partial charge in [-0.2, -0.15) is 10.0 Å². The van der Waals surface area contributed by atoms with Crippen LogP contribution in [-0.4, -0.2) is 17.1 Å².